The molecule has 0 amide bonds. The standard InChI is InChI=1S/C13H13Cl2NO/c1-8(2)6-16-7-11(13(15)17)10-5-9(14)3-4-12(10)16/h3-5,7-8H,6H2,1-2H3. The van der Waals surface area contributed by atoms with Gasteiger partial charge in [0.2, 0.25) is 0 Å². The quantitative estimate of drug-likeness (QED) is 0.761. The van der Waals surface area contributed by atoms with Gasteiger partial charge in [-0.3, -0.25) is 4.79 Å². The molecule has 4 heteroatoms. The number of carbonyl (C=O) groups excluding carboxylic acids is 1. The molecule has 0 radical (unpaired) electrons. The van der Waals surface area contributed by atoms with Gasteiger partial charge >= 0.3 is 0 Å². The second-order valence-electron chi connectivity index (χ2n) is 4.52. The third-order valence-corrected chi connectivity index (χ3v) is 3.06. The van der Waals surface area contributed by atoms with Gasteiger partial charge in [-0.25, -0.2) is 0 Å². The average molecular weight is 270 g/mol. The molecule has 17 heavy (non-hydrogen) atoms. The summed E-state index contributed by atoms with van der Waals surface area (Å²) in [6.07, 6.45) is 1.80. The average Bonchev–Trinajstić information content (AvgIpc) is 2.55. The third kappa shape index (κ3) is 2.48. The summed E-state index contributed by atoms with van der Waals surface area (Å²) >= 11 is 11.5. The van der Waals surface area contributed by atoms with E-state index in [-0.39, 0.29) is 0 Å². The van der Waals surface area contributed by atoms with Crippen LogP contribution in [0.15, 0.2) is 24.4 Å². The Balaban J connectivity index is 2.66. The molecule has 2 aromatic rings. The summed E-state index contributed by atoms with van der Waals surface area (Å²) < 4.78 is 2.05. The van der Waals surface area contributed by atoms with Crippen molar-refractivity contribution < 1.29 is 4.79 Å². The van der Waals surface area contributed by atoms with Crippen LogP contribution in [-0.4, -0.2) is 9.81 Å². The van der Waals surface area contributed by atoms with Crippen molar-refractivity contribution in [1.29, 1.82) is 0 Å². The molecule has 90 valence electrons. The van der Waals surface area contributed by atoms with E-state index in [4.69, 9.17) is 23.2 Å². The van der Waals surface area contributed by atoms with Gasteiger partial charge in [-0.1, -0.05) is 25.4 Å². The molecule has 2 rings (SSSR count). The second-order valence-corrected chi connectivity index (χ2v) is 5.30. The lowest BCUT2D eigenvalue weighted by Crippen LogP contribution is -2.02. The first-order chi connectivity index (χ1) is 7.99. The lowest BCUT2D eigenvalue weighted by Gasteiger charge is -2.07. The highest BCUT2D eigenvalue weighted by atomic mass is 35.5. The molecule has 0 fully saturated rings. The zero-order valence-electron chi connectivity index (χ0n) is 9.71. The van der Waals surface area contributed by atoms with Crippen LogP contribution in [0, 0.1) is 5.92 Å². The number of halogens is 2. The number of hydrogen-bond donors (Lipinski definition) is 0. The highest BCUT2D eigenvalue weighted by Gasteiger charge is 2.14. The third-order valence-electron chi connectivity index (χ3n) is 2.62. The molecule has 0 bridgehead atoms. The summed E-state index contributed by atoms with van der Waals surface area (Å²) in [5, 5.41) is 0.983. The molecule has 1 heterocycles. The van der Waals surface area contributed by atoms with Crippen molar-refractivity contribution in [2.24, 2.45) is 5.92 Å². The lowest BCUT2D eigenvalue weighted by atomic mass is 10.2. The van der Waals surface area contributed by atoms with Crippen LogP contribution >= 0.6 is 23.2 Å². The first-order valence-electron chi connectivity index (χ1n) is 5.47. The first kappa shape index (κ1) is 12.5. The number of fused-ring (bicyclic) bond motifs is 1. The molecule has 0 aliphatic heterocycles. The Hall–Kier alpha value is -0.990. The molecule has 0 saturated carbocycles. The summed E-state index contributed by atoms with van der Waals surface area (Å²) in [5.41, 5.74) is 1.51. The minimum absolute atomic E-state index is 0.445. The van der Waals surface area contributed by atoms with Crippen LogP contribution in [-0.2, 0) is 6.54 Å². The van der Waals surface area contributed by atoms with Crippen molar-refractivity contribution in [2.45, 2.75) is 20.4 Å². The number of benzene rings is 1. The van der Waals surface area contributed by atoms with E-state index in [0.717, 1.165) is 17.4 Å². The topological polar surface area (TPSA) is 22.0 Å². The van der Waals surface area contributed by atoms with Crippen molar-refractivity contribution in [3.8, 4) is 0 Å². The summed E-state index contributed by atoms with van der Waals surface area (Å²) in [6.45, 7) is 5.11. The van der Waals surface area contributed by atoms with E-state index in [0.29, 0.717) is 16.5 Å². The molecule has 0 atom stereocenters. The van der Waals surface area contributed by atoms with E-state index in [1.54, 1.807) is 12.3 Å². The van der Waals surface area contributed by atoms with Crippen molar-refractivity contribution in [2.75, 3.05) is 0 Å². The van der Waals surface area contributed by atoms with Gasteiger partial charge in [-0.15, -0.1) is 0 Å². The molecule has 0 unspecified atom stereocenters. The van der Waals surface area contributed by atoms with Crippen molar-refractivity contribution in [3.63, 3.8) is 0 Å². The normalized spacial score (nSPS) is 11.4. The fraction of sp³-hybridized carbons (Fsp3) is 0.308. The molecule has 0 saturated heterocycles. The molecule has 2 nitrogen and oxygen atoms in total. The van der Waals surface area contributed by atoms with E-state index in [9.17, 15) is 4.79 Å². The number of rotatable bonds is 3. The van der Waals surface area contributed by atoms with Gasteiger partial charge in [0.1, 0.15) is 0 Å². The van der Waals surface area contributed by atoms with Crippen LogP contribution in [0.4, 0.5) is 0 Å². The maximum atomic E-state index is 11.4. The van der Waals surface area contributed by atoms with E-state index in [1.165, 1.54) is 0 Å². The number of aromatic nitrogens is 1. The maximum absolute atomic E-state index is 11.4. The smallest absolute Gasteiger partial charge is 0.254 e. The summed E-state index contributed by atoms with van der Waals surface area (Å²) in [4.78, 5) is 11.4. The minimum Gasteiger partial charge on any atom is -0.346 e. The zero-order valence-corrected chi connectivity index (χ0v) is 11.2. The summed E-state index contributed by atoms with van der Waals surface area (Å²) in [6, 6.07) is 5.52. The SMILES string of the molecule is CC(C)Cn1cc(C(=O)Cl)c2cc(Cl)ccc21. The first-order valence-corrected chi connectivity index (χ1v) is 6.23. The van der Waals surface area contributed by atoms with Gasteiger partial charge < -0.3 is 4.57 Å². The highest BCUT2D eigenvalue weighted by Crippen LogP contribution is 2.26. The zero-order chi connectivity index (χ0) is 12.6. The van der Waals surface area contributed by atoms with Crippen LogP contribution < -0.4 is 0 Å². The van der Waals surface area contributed by atoms with Crippen molar-refractivity contribution in [3.05, 3.63) is 35.0 Å². The van der Waals surface area contributed by atoms with Crippen LogP contribution in [0.5, 0.6) is 0 Å². The summed E-state index contributed by atoms with van der Waals surface area (Å²) in [7, 11) is 0. The minimum atomic E-state index is -0.445. The van der Waals surface area contributed by atoms with Crippen LogP contribution in [0.25, 0.3) is 10.9 Å². The molecule has 0 spiro atoms. The fourth-order valence-electron chi connectivity index (χ4n) is 1.97. The van der Waals surface area contributed by atoms with Crippen LogP contribution in [0.3, 0.4) is 0 Å². The highest BCUT2D eigenvalue weighted by molar-refractivity contribution is 6.68. The van der Waals surface area contributed by atoms with Crippen molar-refractivity contribution in [1.82, 2.24) is 4.57 Å². The van der Waals surface area contributed by atoms with Crippen LogP contribution in [0.2, 0.25) is 5.02 Å². The van der Waals surface area contributed by atoms with Gasteiger partial charge in [-0.2, -0.15) is 0 Å². The number of carbonyl (C=O) groups is 1. The monoisotopic (exact) mass is 269 g/mol. The molecule has 1 aromatic heterocycles. The Morgan fingerprint density at radius 3 is 2.71 bits per heavy atom. The van der Waals surface area contributed by atoms with E-state index in [2.05, 4.69) is 13.8 Å². The Labute approximate surface area is 110 Å². The van der Waals surface area contributed by atoms with E-state index < -0.39 is 5.24 Å². The molecular weight excluding hydrogens is 257 g/mol. The fourth-order valence-corrected chi connectivity index (χ4v) is 2.29. The van der Waals surface area contributed by atoms with Gasteiger partial charge in [-0.05, 0) is 35.7 Å². The Kier molecular flexibility index (Phi) is 3.45. The largest absolute Gasteiger partial charge is 0.346 e. The van der Waals surface area contributed by atoms with Crippen molar-refractivity contribution >= 4 is 39.3 Å². The summed E-state index contributed by atoms with van der Waals surface area (Å²) in [5.74, 6) is 0.500. The molecule has 1 aromatic carbocycles. The predicted octanol–water partition coefficient (Wildman–Crippen LogP) is 4.33. The van der Waals surface area contributed by atoms with Crippen LogP contribution in [0.1, 0.15) is 24.2 Å². The van der Waals surface area contributed by atoms with Gasteiger partial charge in [0, 0.05) is 28.7 Å². The van der Waals surface area contributed by atoms with E-state index in [1.807, 2.05) is 16.7 Å². The molecule has 0 aliphatic rings. The molecule has 0 N–H and O–H groups in total. The second kappa shape index (κ2) is 4.71. The molecule has 0 aliphatic carbocycles. The number of nitrogens with zero attached hydrogens (tertiary/aromatic N) is 1. The van der Waals surface area contributed by atoms with Gasteiger partial charge in [0.05, 0.1) is 5.56 Å². The lowest BCUT2D eigenvalue weighted by molar-refractivity contribution is 0.108. The van der Waals surface area contributed by atoms with Gasteiger partial charge in [0.15, 0.2) is 0 Å². The Morgan fingerprint density at radius 1 is 1.41 bits per heavy atom. The molecular formula is C13H13Cl2NO. The maximum Gasteiger partial charge on any atom is 0.254 e. The van der Waals surface area contributed by atoms with E-state index >= 15 is 0 Å². The Morgan fingerprint density at radius 2 is 2.12 bits per heavy atom. The van der Waals surface area contributed by atoms with Gasteiger partial charge in [0.25, 0.3) is 5.24 Å². The predicted molar refractivity (Wildman–Crippen MR) is 72.0 cm³/mol. The Bertz CT molecular complexity index is 572. The number of hydrogen-bond acceptors (Lipinski definition) is 1.